The summed E-state index contributed by atoms with van der Waals surface area (Å²) in [6, 6.07) is 6.85. The Morgan fingerprint density at radius 3 is 1.13 bits per heavy atom. The van der Waals surface area contributed by atoms with Crippen molar-refractivity contribution in [3.63, 3.8) is 0 Å². The molecule has 3 aromatic rings. The van der Waals surface area contributed by atoms with Crippen LogP contribution in [-0.4, -0.2) is 0 Å². The molecule has 0 spiro atoms. The predicted molar refractivity (Wildman–Crippen MR) is 178 cm³/mol. The third-order valence-electron chi connectivity index (χ3n) is 9.10. The normalized spacial score (nSPS) is 11.0. The lowest BCUT2D eigenvalue weighted by atomic mass is 9.85. The van der Waals surface area contributed by atoms with Crippen LogP contribution in [0.15, 0.2) is 18.2 Å². The summed E-state index contributed by atoms with van der Waals surface area (Å²) in [5.74, 6) is 1.91. The lowest BCUT2D eigenvalue weighted by Gasteiger charge is -2.21. The van der Waals surface area contributed by atoms with E-state index in [0.29, 0.717) is 17.8 Å². The number of aryl methyl sites for hydroxylation is 4. The Balaban J connectivity index is 0.000000293. The van der Waals surface area contributed by atoms with E-state index in [4.69, 9.17) is 0 Å². The Morgan fingerprint density at radius 1 is 0.333 bits per heavy atom. The van der Waals surface area contributed by atoms with Crippen molar-refractivity contribution in [3.05, 3.63) is 102 Å². The molecule has 0 unspecified atom stereocenters. The minimum Gasteiger partial charge on any atom is -0.0587 e. The summed E-state index contributed by atoms with van der Waals surface area (Å²) in [5, 5.41) is 0. The van der Waals surface area contributed by atoms with Crippen molar-refractivity contribution < 1.29 is 0 Å². The molecule has 3 aromatic carbocycles. The van der Waals surface area contributed by atoms with Gasteiger partial charge in [0.1, 0.15) is 0 Å². The van der Waals surface area contributed by atoms with Gasteiger partial charge in [-0.25, -0.2) is 0 Å². The van der Waals surface area contributed by atoms with E-state index < -0.39 is 0 Å². The van der Waals surface area contributed by atoms with Crippen LogP contribution in [0.1, 0.15) is 143 Å². The molecule has 0 atom stereocenters. The molecule has 0 aliphatic carbocycles. The van der Waals surface area contributed by atoms with Crippen LogP contribution in [-0.2, 0) is 0 Å². The van der Waals surface area contributed by atoms with Gasteiger partial charge >= 0.3 is 0 Å². The van der Waals surface area contributed by atoms with E-state index in [1.165, 1.54) is 77.9 Å². The van der Waals surface area contributed by atoms with Crippen LogP contribution < -0.4 is 0 Å². The fraction of sp³-hybridized carbons (Fsp3) is 0.538. The largest absolute Gasteiger partial charge is 0.0587 e. The number of rotatable bonds is 3. The molecule has 0 heteroatoms. The van der Waals surface area contributed by atoms with Crippen molar-refractivity contribution in [2.45, 2.75) is 142 Å². The molecule has 0 nitrogen and oxygen atoms in total. The zero-order valence-electron chi connectivity index (χ0n) is 29.0. The summed E-state index contributed by atoms with van der Waals surface area (Å²) in [6.45, 7) is 40.3. The van der Waals surface area contributed by atoms with E-state index in [1.807, 2.05) is 0 Å². The first kappa shape index (κ1) is 34.7. The first-order valence-electron chi connectivity index (χ1n) is 15.1. The highest BCUT2D eigenvalue weighted by Gasteiger charge is 2.14. The third-order valence-corrected chi connectivity index (χ3v) is 9.10. The lowest BCUT2D eigenvalue weighted by Crippen LogP contribution is -2.04. The molecule has 0 N–H and O–H groups in total. The molecule has 0 aliphatic rings. The van der Waals surface area contributed by atoms with Crippen molar-refractivity contribution in [1.29, 1.82) is 0 Å². The minimum atomic E-state index is 0.632. The van der Waals surface area contributed by atoms with Gasteiger partial charge in [0.2, 0.25) is 0 Å². The Kier molecular flexibility index (Phi) is 12.8. The van der Waals surface area contributed by atoms with E-state index in [9.17, 15) is 0 Å². The van der Waals surface area contributed by atoms with E-state index in [1.54, 1.807) is 5.56 Å². The van der Waals surface area contributed by atoms with Crippen LogP contribution in [0, 0.1) is 83.1 Å². The van der Waals surface area contributed by atoms with Crippen LogP contribution in [0.25, 0.3) is 0 Å². The van der Waals surface area contributed by atoms with Crippen LogP contribution in [0.4, 0.5) is 0 Å². The Bertz CT molecular complexity index is 1250. The molecule has 216 valence electrons. The fourth-order valence-electron chi connectivity index (χ4n) is 6.26. The van der Waals surface area contributed by atoms with Crippen LogP contribution in [0.2, 0.25) is 0 Å². The average molecular weight is 529 g/mol. The molecule has 0 bridgehead atoms. The maximum absolute atomic E-state index is 2.30. The Hall–Kier alpha value is -2.34. The summed E-state index contributed by atoms with van der Waals surface area (Å²) in [7, 11) is 0. The van der Waals surface area contributed by atoms with Crippen LogP contribution in [0.5, 0.6) is 0 Å². The molecule has 0 radical (unpaired) electrons. The second-order valence-corrected chi connectivity index (χ2v) is 13.0. The zero-order valence-corrected chi connectivity index (χ0v) is 29.0. The summed E-state index contributed by atoms with van der Waals surface area (Å²) in [4.78, 5) is 0. The minimum absolute atomic E-state index is 0.632. The van der Waals surface area contributed by atoms with Gasteiger partial charge in [-0.15, -0.1) is 0 Å². The summed E-state index contributed by atoms with van der Waals surface area (Å²) in [5.41, 5.74) is 22.0. The molecule has 0 amide bonds. The zero-order chi connectivity index (χ0) is 30.5. The van der Waals surface area contributed by atoms with Crippen LogP contribution in [0.3, 0.4) is 0 Å². The van der Waals surface area contributed by atoms with Crippen LogP contribution >= 0.6 is 0 Å². The SMILES string of the molecule is Cc1c(C)c(C)c(C(C)C)c(C)c1C.Cc1cc(C)c(C(C)C)c(C)c1C.Cc1cc(C)c(C)c(C(C)C)c1. The average Bonchev–Trinajstić information content (AvgIpc) is 2.82. The molecule has 0 heterocycles. The van der Waals surface area contributed by atoms with Gasteiger partial charge in [-0.1, -0.05) is 65.3 Å². The molecule has 0 saturated carbocycles. The quantitative estimate of drug-likeness (QED) is 0.317. The highest BCUT2D eigenvalue weighted by Crippen LogP contribution is 2.31. The fourth-order valence-corrected chi connectivity index (χ4v) is 6.26. The Morgan fingerprint density at radius 2 is 0.718 bits per heavy atom. The van der Waals surface area contributed by atoms with Crippen molar-refractivity contribution in [2.24, 2.45) is 0 Å². The number of hydrogen-bond donors (Lipinski definition) is 0. The van der Waals surface area contributed by atoms with Crippen molar-refractivity contribution in [1.82, 2.24) is 0 Å². The molecular formula is C39H60. The molecule has 0 aromatic heterocycles. The van der Waals surface area contributed by atoms with Gasteiger partial charge < -0.3 is 0 Å². The highest BCUT2D eigenvalue weighted by atomic mass is 14.2. The molecule has 3 rings (SSSR count). The van der Waals surface area contributed by atoms with Gasteiger partial charge in [-0.2, -0.15) is 0 Å². The second-order valence-electron chi connectivity index (χ2n) is 13.0. The molecule has 0 aliphatic heterocycles. The predicted octanol–water partition coefficient (Wildman–Crippen LogP) is 12.1. The maximum Gasteiger partial charge on any atom is -0.0213 e. The monoisotopic (exact) mass is 528 g/mol. The van der Waals surface area contributed by atoms with E-state index in [-0.39, 0.29) is 0 Å². The number of hydrogen-bond acceptors (Lipinski definition) is 0. The van der Waals surface area contributed by atoms with E-state index in [2.05, 4.69) is 143 Å². The molecule has 0 saturated heterocycles. The van der Waals surface area contributed by atoms with Gasteiger partial charge in [0.25, 0.3) is 0 Å². The molecule has 39 heavy (non-hydrogen) atoms. The van der Waals surface area contributed by atoms with Gasteiger partial charge in [-0.05, 0) is 179 Å². The van der Waals surface area contributed by atoms with Gasteiger partial charge in [-0.3, -0.25) is 0 Å². The maximum atomic E-state index is 2.30. The van der Waals surface area contributed by atoms with Gasteiger partial charge in [0.15, 0.2) is 0 Å². The second kappa shape index (κ2) is 14.3. The lowest BCUT2D eigenvalue weighted by molar-refractivity contribution is 0.837. The van der Waals surface area contributed by atoms with Crippen molar-refractivity contribution >= 4 is 0 Å². The first-order chi connectivity index (χ1) is 17.8. The van der Waals surface area contributed by atoms with E-state index >= 15 is 0 Å². The summed E-state index contributed by atoms with van der Waals surface area (Å²) >= 11 is 0. The summed E-state index contributed by atoms with van der Waals surface area (Å²) < 4.78 is 0. The van der Waals surface area contributed by atoms with E-state index in [0.717, 1.165) is 0 Å². The summed E-state index contributed by atoms with van der Waals surface area (Å²) in [6.07, 6.45) is 0. The van der Waals surface area contributed by atoms with Gasteiger partial charge in [0, 0.05) is 0 Å². The standard InChI is InChI=1S/C14H22.C13H20.C12H18/c1-8(2)14-12(6)10(4)9(3)11(5)13(14)7;1-8(2)13-10(4)7-9(3)11(5)12(13)6;1-8(2)12-7-9(3)6-10(4)11(12)5/h8H,1-7H3;7-8H,1-6H3;6-8H,1-5H3. The highest BCUT2D eigenvalue weighted by molar-refractivity contribution is 5.50. The smallest absolute Gasteiger partial charge is 0.0213 e. The molecule has 0 fully saturated rings. The first-order valence-corrected chi connectivity index (χ1v) is 15.1. The topological polar surface area (TPSA) is 0 Å². The van der Waals surface area contributed by atoms with Gasteiger partial charge in [0.05, 0.1) is 0 Å². The van der Waals surface area contributed by atoms with Crippen molar-refractivity contribution in [2.75, 3.05) is 0 Å². The Labute approximate surface area is 243 Å². The van der Waals surface area contributed by atoms with Crippen molar-refractivity contribution in [3.8, 4) is 0 Å². The third kappa shape index (κ3) is 8.33. The molecular weight excluding hydrogens is 468 g/mol. The number of benzene rings is 3.